The molecular weight excluding hydrogens is 482 g/mol. The number of imide groups is 1. The SMILES string of the molecule is Cc1c(NC(=O)NCC(c2ccccc2)N2C(=O)C3C4C=CC(C4)C3C2=O)c(=O)n(-c2ccccc2)n1C. The number of hydrogen-bond donors (Lipinski definition) is 2. The monoisotopic (exact) mass is 511 g/mol. The van der Waals surface area contributed by atoms with E-state index in [1.54, 1.807) is 18.7 Å². The third-order valence-corrected chi connectivity index (χ3v) is 8.25. The number of para-hydroxylation sites is 1. The van der Waals surface area contributed by atoms with Crippen molar-refractivity contribution in [3.8, 4) is 5.69 Å². The summed E-state index contributed by atoms with van der Waals surface area (Å²) in [7, 11) is 1.75. The molecule has 194 valence electrons. The maximum Gasteiger partial charge on any atom is 0.319 e. The quantitative estimate of drug-likeness (QED) is 0.392. The Balaban J connectivity index is 1.23. The molecule has 0 spiro atoms. The van der Waals surface area contributed by atoms with Crippen LogP contribution in [0.5, 0.6) is 0 Å². The summed E-state index contributed by atoms with van der Waals surface area (Å²) in [6.45, 7) is 1.78. The number of urea groups is 1. The van der Waals surface area contributed by atoms with Crippen LogP contribution in [0.1, 0.15) is 23.7 Å². The number of amides is 4. The first kappa shape index (κ1) is 24.0. The first-order chi connectivity index (χ1) is 18.4. The average molecular weight is 512 g/mol. The molecular formula is C29H29N5O4. The van der Waals surface area contributed by atoms with Gasteiger partial charge in [-0.05, 0) is 42.9 Å². The van der Waals surface area contributed by atoms with E-state index in [1.165, 1.54) is 9.58 Å². The number of nitrogens with zero attached hydrogens (tertiary/aromatic N) is 3. The Labute approximate surface area is 219 Å². The molecule has 1 saturated heterocycles. The minimum atomic E-state index is -0.648. The fourth-order valence-electron chi connectivity index (χ4n) is 6.33. The van der Waals surface area contributed by atoms with Crippen molar-refractivity contribution < 1.29 is 14.4 Å². The summed E-state index contributed by atoms with van der Waals surface area (Å²) in [6, 6.07) is 17.2. The van der Waals surface area contributed by atoms with E-state index in [1.807, 2.05) is 60.7 Å². The van der Waals surface area contributed by atoms with Crippen LogP contribution in [0.3, 0.4) is 0 Å². The zero-order valence-electron chi connectivity index (χ0n) is 21.2. The molecule has 5 unspecified atom stereocenters. The van der Waals surface area contributed by atoms with E-state index in [9.17, 15) is 19.2 Å². The van der Waals surface area contributed by atoms with Gasteiger partial charge in [0.1, 0.15) is 5.69 Å². The zero-order valence-corrected chi connectivity index (χ0v) is 21.2. The second-order valence-corrected chi connectivity index (χ2v) is 10.2. The van der Waals surface area contributed by atoms with E-state index < -0.39 is 12.1 Å². The lowest BCUT2D eigenvalue weighted by atomic mass is 9.85. The molecule has 2 aliphatic carbocycles. The number of likely N-dealkylation sites (tertiary alicyclic amines) is 1. The van der Waals surface area contributed by atoms with Crippen LogP contribution in [0, 0.1) is 30.6 Å². The Morgan fingerprint density at radius 1 is 0.921 bits per heavy atom. The van der Waals surface area contributed by atoms with Crippen molar-refractivity contribution >= 4 is 23.5 Å². The molecule has 0 radical (unpaired) electrons. The number of allylic oxidation sites excluding steroid dienone is 2. The van der Waals surface area contributed by atoms with Crippen LogP contribution < -0.4 is 16.2 Å². The van der Waals surface area contributed by atoms with E-state index >= 15 is 0 Å². The first-order valence-electron chi connectivity index (χ1n) is 12.9. The average Bonchev–Trinajstić information content (AvgIpc) is 3.66. The van der Waals surface area contributed by atoms with E-state index in [0.717, 1.165) is 12.0 Å². The topological polar surface area (TPSA) is 105 Å². The molecule has 4 amide bonds. The van der Waals surface area contributed by atoms with Crippen molar-refractivity contribution in [2.24, 2.45) is 30.7 Å². The molecule has 3 aliphatic rings. The molecule has 6 rings (SSSR count). The van der Waals surface area contributed by atoms with E-state index in [0.29, 0.717) is 11.4 Å². The van der Waals surface area contributed by atoms with Crippen molar-refractivity contribution in [1.29, 1.82) is 0 Å². The van der Waals surface area contributed by atoms with Crippen molar-refractivity contribution in [3.63, 3.8) is 0 Å². The lowest BCUT2D eigenvalue weighted by Gasteiger charge is -2.28. The van der Waals surface area contributed by atoms with Crippen LogP contribution in [0.15, 0.2) is 77.6 Å². The summed E-state index contributed by atoms with van der Waals surface area (Å²) in [6.07, 6.45) is 4.98. The number of anilines is 1. The van der Waals surface area contributed by atoms with Crippen LogP contribution >= 0.6 is 0 Å². The number of rotatable bonds is 6. The maximum absolute atomic E-state index is 13.5. The standard InChI is InChI=1S/C29H29N5O4/c1-17-25(28(37)34(32(17)2)21-11-7-4-8-12-21)31-29(38)30-16-22(18-9-5-3-6-10-18)33-26(35)23-19-13-14-20(15-19)24(23)27(33)36/h3-14,19-20,22-24H,15-16H2,1-2H3,(H2,30,31,38). The molecule has 2 fully saturated rings. The summed E-state index contributed by atoms with van der Waals surface area (Å²) < 4.78 is 3.17. The first-order valence-corrected chi connectivity index (χ1v) is 12.9. The molecule has 38 heavy (non-hydrogen) atoms. The smallest absolute Gasteiger partial charge is 0.319 e. The van der Waals surface area contributed by atoms with Gasteiger partial charge in [0.15, 0.2) is 0 Å². The van der Waals surface area contributed by atoms with Gasteiger partial charge in [0.05, 0.1) is 29.3 Å². The van der Waals surface area contributed by atoms with Crippen LogP contribution in [0.2, 0.25) is 0 Å². The normalized spacial score (nSPS) is 24.1. The molecule has 2 bridgehead atoms. The summed E-state index contributed by atoms with van der Waals surface area (Å²) >= 11 is 0. The van der Waals surface area contributed by atoms with Crippen molar-refractivity contribution in [2.45, 2.75) is 19.4 Å². The molecule has 9 nitrogen and oxygen atoms in total. The van der Waals surface area contributed by atoms with Crippen LogP contribution in [0.4, 0.5) is 10.5 Å². The highest BCUT2D eigenvalue weighted by molar-refractivity contribution is 6.07. The summed E-state index contributed by atoms with van der Waals surface area (Å²) in [4.78, 5) is 54.5. The third kappa shape index (κ3) is 3.69. The number of nitrogens with one attached hydrogen (secondary N) is 2. The Morgan fingerprint density at radius 3 is 2.11 bits per heavy atom. The largest absolute Gasteiger partial charge is 0.335 e. The predicted octanol–water partition coefficient (Wildman–Crippen LogP) is 3.15. The number of carbonyl (C=O) groups is 3. The van der Waals surface area contributed by atoms with E-state index in [4.69, 9.17) is 0 Å². The number of hydrogen-bond acceptors (Lipinski definition) is 4. The molecule has 2 N–H and O–H groups in total. The fraction of sp³-hybridized carbons (Fsp3) is 0.310. The molecule has 3 aromatic rings. The van der Waals surface area contributed by atoms with Crippen LogP contribution in [0.25, 0.3) is 5.69 Å². The van der Waals surface area contributed by atoms with Gasteiger partial charge < -0.3 is 10.6 Å². The zero-order chi connectivity index (χ0) is 26.6. The molecule has 1 aliphatic heterocycles. The van der Waals surface area contributed by atoms with Crippen molar-refractivity contribution in [3.05, 3.63) is 94.4 Å². The van der Waals surface area contributed by atoms with Gasteiger partial charge in [0, 0.05) is 13.6 Å². The van der Waals surface area contributed by atoms with Crippen LogP contribution in [-0.4, -0.2) is 38.7 Å². The lowest BCUT2D eigenvalue weighted by molar-refractivity contribution is -0.143. The fourth-order valence-corrected chi connectivity index (χ4v) is 6.33. The van der Waals surface area contributed by atoms with E-state index in [-0.39, 0.29) is 53.3 Å². The van der Waals surface area contributed by atoms with Gasteiger partial charge in [-0.2, -0.15) is 0 Å². The van der Waals surface area contributed by atoms with Gasteiger partial charge in [-0.15, -0.1) is 0 Å². The maximum atomic E-state index is 13.5. The summed E-state index contributed by atoms with van der Waals surface area (Å²) in [5.41, 5.74) is 1.84. The molecule has 1 aromatic heterocycles. The van der Waals surface area contributed by atoms with Crippen molar-refractivity contribution in [2.75, 3.05) is 11.9 Å². The highest BCUT2D eigenvalue weighted by Crippen LogP contribution is 2.53. The minimum absolute atomic E-state index is 0.0221. The molecule has 5 atom stereocenters. The molecule has 1 saturated carbocycles. The van der Waals surface area contributed by atoms with Gasteiger partial charge in [-0.25, -0.2) is 9.48 Å². The highest BCUT2D eigenvalue weighted by atomic mass is 16.2. The number of benzene rings is 2. The molecule has 2 aromatic carbocycles. The van der Waals surface area contributed by atoms with Gasteiger partial charge in [0.25, 0.3) is 5.56 Å². The van der Waals surface area contributed by atoms with Crippen molar-refractivity contribution in [1.82, 2.24) is 19.6 Å². The Kier molecular flexibility index (Phi) is 5.78. The number of carbonyl (C=O) groups excluding carboxylic acids is 3. The van der Waals surface area contributed by atoms with Gasteiger partial charge in [-0.1, -0.05) is 60.7 Å². The lowest BCUT2D eigenvalue weighted by Crippen LogP contribution is -2.43. The van der Waals surface area contributed by atoms with Crippen LogP contribution in [-0.2, 0) is 16.6 Å². The van der Waals surface area contributed by atoms with Gasteiger partial charge in [-0.3, -0.25) is 24.0 Å². The molecule has 9 heteroatoms. The minimum Gasteiger partial charge on any atom is -0.335 e. The number of aromatic nitrogens is 2. The van der Waals surface area contributed by atoms with E-state index in [2.05, 4.69) is 22.8 Å². The number of fused-ring (bicyclic) bond motifs is 5. The Hall–Kier alpha value is -4.40. The second kappa shape index (κ2) is 9.16. The summed E-state index contributed by atoms with van der Waals surface area (Å²) in [5, 5.41) is 5.50. The predicted molar refractivity (Wildman–Crippen MR) is 142 cm³/mol. The third-order valence-electron chi connectivity index (χ3n) is 8.25. The Morgan fingerprint density at radius 2 is 1.50 bits per heavy atom. The summed E-state index contributed by atoms with van der Waals surface area (Å²) in [5.74, 6) is -0.768. The highest BCUT2D eigenvalue weighted by Gasteiger charge is 2.60. The second-order valence-electron chi connectivity index (χ2n) is 10.2. The van der Waals surface area contributed by atoms with Gasteiger partial charge in [0.2, 0.25) is 11.8 Å². The Bertz CT molecular complexity index is 1480. The van der Waals surface area contributed by atoms with Gasteiger partial charge >= 0.3 is 6.03 Å². The molecule has 2 heterocycles.